The highest BCUT2D eigenvalue weighted by Gasteiger charge is 2.18. The maximum Gasteiger partial charge on any atom is 0.236 e. The average Bonchev–Trinajstić information content (AvgIpc) is 3.42. The molecule has 158 valence electrons. The molecule has 1 amide bonds. The van der Waals surface area contributed by atoms with Gasteiger partial charge < -0.3 is 5.32 Å². The Kier molecular flexibility index (Phi) is 5.85. The van der Waals surface area contributed by atoms with E-state index >= 15 is 0 Å². The van der Waals surface area contributed by atoms with Crippen molar-refractivity contribution < 1.29 is 4.79 Å². The van der Waals surface area contributed by atoms with Crippen LogP contribution in [0, 0.1) is 0 Å². The second-order valence-electron chi connectivity index (χ2n) is 6.69. The molecule has 0 aliphatic rings. The number of para-hydroxylation sites is 1. The van der Waals surface area contributed by atoms with Gasteiger partial charge in [-0.1, -0.05) is 52.9 Å². The topological polar surface area (TPSA) is 85.6 Å². The lowest BCUT2D eigenvalue weighted by Crippen LogP contribution is -2.14. The van der Waals surface area contributed by atoms with E-state index in [9.17, 15) is 4.79 Å². The van der Waals surface area contributed by atoms with Gasteiger partial charge in [0, 0.05) is 28.7 Å². The summed E-state index contributed by atoms with van der Waals surface area (Å²) in [4.78, 5) is 21.2. The summed E-state index contributed by atoms with van der Waals surface area (Å²) in [7, 11) is 0. The molecule has 0 atom stereocenters. The number of anilines is 1. The van der Waals surface area contributed by atoms with E-state index < -0.39 is 0 Å². The molecule has 7 nitrogen and oxygen atoms in total. The molecule has 0 aliphatic heterocycles. The number of carbonyl (C=O) groups is 1. The van der Waals surface area contributed by atoms with E-state index in [-0.39, 0.29) is 11.7 Å². The molecule has 0 saturated heterocycles. The predicted octanol–water partition coefficient (Wildman–Crippen LogP) is 5.32. The van der Waals surface area contributed by atoms with Gasteiger partial charge in [-0.15, -0.1) is 10.2 Å². The molecule has 0 unspecified atom stereocenters. The second kappa shape index (κ2) is 9.07. The Balaban J connectivity index is 1.36. The largest absolute Gasteiger partial charge is 0.301 e. The highest BCUT2D eigenvalue weighted by atomic mass is 35.5. The van der Waals surface area contributed by atoms with Crippen molar-refractivity contribution in [3.8, 4) is 17.1 Å². The number of hydrogen-bond acceptors (Lipinski definition) is 7. The van der Waals surface area contributed by atoms with Crippen LogP contribution in [0.2, 0.25) is 5.02 Å². The van der Waals surface area contributed by atoms with Gasteiger partial charge in [-0.3, -0.25) is 14.3 Å². The number of nitrogens with one attached hydrogen (secondary N) is 1. The molecule has 3 aromatic heterocycles. The summed E-state index contributed by atoms with van der Waals surface area (Å²) in [5.74, 6) is 0.648. The summed E-state index contributed by atoms with van der Waals surface area (Å²) in [6.45, 7) is 0. The minimum atomic E-state index is -0.175. The number of pyridine rings is 1. The number of nitrogens with zero attached hydrogens (tertiary/aromatic N) is 5. The SMILES string of the molecule is O=C(CSc1nnc(-c2cccnc2)n1-c1ccccc1)Nc1nc2ccc(Cl)cc2s1. The third-order valence-corrected chi connectivity index (χ3v) is 6.59. The van der Waals surface area contributed by atoms with E-state index in [0.717, 1.165) is 21.5 Å². The highest BCUT2D eigenvalue weighted by molar-refractivity contribution is 7.99. The van der Waals surface area contributed by atoms with E-state index in [4.69, 9.17) is 11.6 Å². The molecule has 3 heterocycles. The van der Waals surface area contributed by atoms with Crippen LogP contribution in [0.1, 0.15) is 0 Å². The number of carbonyl (C=O) groups excluding carboxylic acids is 1. The van der Waals surface area contributed by atoms with Crippen LogP contribution in [0.15, 0.2) is 78.2 Å². The number of halogens is 1. The van der Waals surface area contributed by atoms with Gasteiger partial charge >= 0.3 is 0 Å². The van der Waals surface area contributed by atoms with Crippen LogP contribution in [-0.4, -0.2) is 36.4 Å². The molecular formula is C22H15ClN6OS2. The third-order valence-electron chi connectivity index (χ3n) is 4.50. The van der Waals surface area contributed by atoms with E-state index in [1.807, 2.05) is 59.2 Å². The van der Waals surface area contributed by atoms with Gasteiger partial charge in [-0.05, 0) is 42.5 Å². The minimum absolute atomic E-state index is 0.161. The Morgan fingerprint density at radius 1 is 1.09 bits per heavy atom. The lowest BCUT2D eigenvalue weighted by Gasteiger charge is -2.10. The van der Waals surface area contributed by atoms with Crippen LogP contribution in [0.4, 0.5) is 5.13 Å². The Labute approximate surface area is 196 Å². The van der Waals surface area contributed by atoms with Crippen molar-refractivity contribution in [2.75, 3.05) is 11.1 Å². The Morgan fingerprint density at radius 2 is 1.97 bits per heavy atom. The van der Waals surface area contributed by atoms with Crippen molar-refractivity contribution in [3.05, 3.63) is 78.1 Å². The van der Waals surface area contributed by atoms with Crippen molar-refractivity contribution in [1.29, 1.82) is 0 Å². The molecule has 0 bridgehead atoms. The first-order chi connectivity index (χ1) is 15.7. The summed E-state index contributed by atoms with van der Waals surface area (Å²) in [6, 6.07) is 19.0. The molecule has 32 heavy (non-hydrogen) atoms. The normalized spacial score (nSPS) is 11.0. The number of aromatic nitrogens is 5. The molecule has 5 aromatic rings. The van der Waals surface area contributed by atoms with Gasteiger partial charge in [0.2, 0.25) is 5.91 Å². The van der Waals surface area contributed by atoms with Crippen molar-refractivity contribution >= 4 is 56.0 Å². The molecule has 0 aliphatic carbocycles. The lowest BCUT2D eigenvalue weighted by molar-refractivity contribution is -0.113. The number of rotatable bonds is 6. The number of fused-ring (bicyclic) bond motifs is 1. The number of thiazole rings is 1. The zero-order valence-corrected chi connectivity index (χ0v) is 18.9. The highest BCUT2D eigenvalue weighted by Crippen LogP contribution is 2.30. The summed E-state index contributed by atoms with van der Waals surface area (Å²) < 4.78 is 2.85. The molecule has 0 spiro atoms. The van der Waals surface area contributed by atoms with Crippen LogP contribution < -0.4 is 5.32 Å². The summed E-state index contributed by atoms with van der Waals surface area (Å²) in [5, 5.41) is 13.3. The van der Waals surface area contributed by atoms with Gasteiger partial charge in [0.15, 0.2) is 16.1 Å². The molecule has 0 fully saturated rings. The van der Waals surface area contributed by atoms with Crippen LogP contribution in [-0.2, 0) is 4.79 Å². The van der Waals surface area contributed by atoms with Crippen LogP contribution in [0.25, 0.3) is 27.3 Å². The summed E-state index contributed by atoms with van der Waals surface area (Å²) in [5.41, 5.74) is 2.54. The molecule has 0 radical (unpaired) electrons. The lowest BCUT2D eigenvalue weighted by atomic mass is 10.2. The maximum atomic E-state index is 12.6. The third kappa shape index (κ3) is 4.36. The summed E-state index contributed by atoms with van der Waals surface area (Å²) >= 11 is 8.72. The molecule has 0 saturated carbocycles. The minimum Gasteiger partial charge on any atom is -0.301 e. The fourth-order valence-electron chi connectivity index (χ4n) is 3.09. The van der Waals surface area contributed by atoms with Crippen LogP contribution in [0.5, 0.6) is 0 Å². The number of hydrogen-bond donors (Lipinski definition) is 1. The standard InChI is InChI=1S/C22H15ClN6OS2/c23-15-8-9-17-18(11-15)32-21(25-17)26-19(30)13-31-22-28-27-20(14-5-4-10-24-12-14)29(22)16-6-2-1-3-7-16/h1-12H,13H2,(H,25,26,30). The maximum absolute atomic E-state index is 12.6. The first-order valence-corrected chi connectivity index (χ1v) is 11.8. The van der Waals surface area contributed by atoms with Crippen molar-refractivity contribution in [2.24, 2.45) is 0 Å². The second-order valence-corrected chi connectivity index (χ2v) is 9.10. The van der Waals surface area contributed by atoms with Gasteiger partial charge in [-0.25, -0.2) is 4.98 Å². The van der Waals surface area contributed by atoms with E-state index in [0.29, 0.717) is 21.1 Å². The fourth-order valence-corrected chi connectivity index (χ4v) is 5.00. The van der Waals surface area contributed by atoms with E-state index in [1.165, 1.54) is 23.1 Å². The zero-order chi connectivity index (χ0) is 21.9. The van der Waals surface area contributed by atoms with Gasteiger partial charge in [0.25, 0.3) is 0 Å². The average molecular weight is 479 g/mol. The zero-order valence-electron chi connectivity index (χ0n) is 16.5. The smallest absolute Gasteiger partial charge is 0.236 e. The molecular weight excluding hydrogens is 464 g/mol. The number of amides is 1. The first-order valence-electron chi connectivity index (χ1n) is 9.57. The van der Waals surface area contributed by atoms with Crippen LogP contribution in [0.3, 0.4) is 0 Å². The van der Waals surface area contributed by atoms with Crippen molar-refractivity contribution in [2.45, 2.75) is 5.16 Å². The quantitative estimate of drug-likeness (QED) is 0.332. The fraction of sp³-hybridized carbons (Fsp3) is 0.0455. The summed E-state index contributed by atoms with van der Waals surface area (Å²) in [6.07, 6.45) is 3.45. The Bertz CT molecular complexity index is 1390. The first kappa shape index (κ1) is 20.6. The molecule has 2 aromatic carbocycles. The van der Waals surface area contributed by atoms with Gasteiger partial charge in [0.05, 0.1) is 16.0 Å². The van der Waals surface area contributed by atoms with Crippen LogP contribution >= 0.6 is 34.7 Å². The molecule has 10 heteroatoms. The van der Waals surface area contributed by atoms with E-state index in [2.05, 4.69) is 25.5 Å². The van der Waals surface area contributed by atoms with Crippen molar-refractivity contribution in [1.82, 2.24) is 24.7 Å². The molecule has 1 N–H and O–H groups in total. The Morgan fingerprint density at radius 3 is 2.78 bits per heavy atom. The predicted molar refractivity (Wildman–Crippen MR) is 129 cm³/mol. The van der Waals surface area contributed by atoms with Gasteiger partial charge in [0.1, 0.15) is 0 Å². The molecule has 5 rings (SSSR count). The van der Waals surface area contributed by atoms with Gasteiger partial charge in [-0.2, -0.15) is 0 Å². The van der Waals surface area contributed by atoms with Crippen molar-refractivity contribution in [3.63, 3.8) is 0 Å². The van der Waals surface area contributed by atoms with E-state index in [1.54, 1.807) is 18.5 Å². The Hall–Kier alpha value is -3.27. The number of thioether (sulfide) groups is 1. The monoisotopic (exact) mass is 478 g/mol. The number of benzene rings is 2.